The van der Waals surface area contributed by atoms with E-state index in [0.29, 0.717) is 6.04 Å². The predicted octanol–water partition coefficient (Wildman–Crippen LogP) is 1.99. The predicted molar refractivity (Wildman–Crippen MR) is 70.3 cm³/mol. The van der Waals surface area contributed by atoms with Crippen LogP contribution in [-0.4, -0.2) is 40.5 Å². The summed E-state index contributed by atoms with van der Waals surface area (Å²) in [5.74, 6) is 0.927. The lowest BCUT2D eigenvalue weighted by molar-refractivity contribution is 0.327. The molecule has 2 rings (SSSR count). The molecule has 0 amide bonds. The van der Waals surface area contributed by atoms with E-state index >= 15 is 0 Å². The summed E-state index contributed by atoms with van der Waals surface area (Å²) in [7, 11) is 0. The number of nitrogens with zero attached hydrogens (tertiary/aromatic N) is 3. The van der Waals surface area contributed by atoms with Gasteiger partial charge >= 0.3 is 0 Å². The Morgan fingerprint density at radius 2 is 2.06 bits per heavy atom. The Balaban J connectivity index is 1.92. The summed E-state index contributed by atoms with van der Waals surface area (Å²) in [5, 5.41) is 3.46. The Morgan fingerprint density at radius 3 is 2.76 bits per heavy atom. The molecule has 0 spiro atoms. The highest BCUT2D eigenvalue weighted by atomic mass is 15.2. The van der Waals surface area contributed by atoms with Crippen molar-refractivity contribution in [3.05, 3.63) is 17.6 Å². The van der Waals surface area contributed by atoms with Gasteiger partial charge in [-0.25, -0.2) is 4.98 Å². The van der Waals surface area contributed by atoms with Gasteiger partial charge in [0, 0.05) is 18.8 Å². The zero-order valence-corrected chi connectivity index (χ0v) is 11.0. The highest BCUT2D eigenvalue weighted by Gasteiger charge is 2.15. The fourth-order valence-corrected chi connectivity index (χ4v) is 2.31. The van der Waals surface area contributed by atoms with Crippen molar-refractivity contribution in [3.8, 4) is 0 Å². The Kier molecular flexibility index (Phi) is 3.94. The van der Waals surface area contributed by atoms with Crippen LogP contribution in [0.25, 0.3) is 0 Å². The minimum absolute atomic E-state index is 0.419. The second kappa shape index (κ2) is 5.45. The molecule has 1 aromatic rings. The Bertz CT molecular complexity index is 372. The fraction of sp³-hybridized carbons (Fsp3) is 0.692. The summed E-state index contributed by atoms with van der Waals surface area (Å²) >= 11 is 0. The van der Waals surface area contributed by atoms with Gasteiger partial charge in [-0.15, -0.1) is 0 Å². The number of anilines is 1. The van der Waals surface area contributed by atoms with Crippen molar-refractivity contribution in [3.63, 3.8) is 0 Å². The smallest absolute Gasteiger partial charge is 0.148 e. The monoisotopic (exact) mass is 234 g/mol. The van der Waals surface area contributed by atoms with E-state index in [2.05, 4.69) is 27.1 Å². The molecule has 1 N–H and O–H groups in total. The number of aromatic nitrogens is 2. The third kappa shape index (κ3) is 3.40. The number of nitrogens with one attached hydrogen (secondary N) is 1. The van der Waals surface area contributed by atoms with Gasteiger partial charge in [0.2, 0.25) is 0 Å². The Hall–Kier alpha value is -1.16. The summed E-state index contributed by atoms with van der Waals surface area (Å²) in [4.78, 5) is 11.3. The zero-order valence-electron chi connectivity index (χ0n) is 11.0. The van der Waals surface area contributed by atoms with Gasteiger partial charge in [0.05, 0.1) is 11.4 Å². The van der Waals surface area contributed by atoms with E-state index in [0.717, 1.165) is 23.8 Å². The SMILES string of the molecule is Cc1cnc(C)c(NC(C)CN2CCCC2)n1. The van der Waals surface area contributed by atoms with Gasteiger partial charge in [0.15, 0.2) is 0 Å². The molecular formula is C13H22N4. The maximum Gasteiger partial charge on any atom is 0.148 e. The van der Waals surface area contributed by atoms with Crippen molar-refractivity contribution in [1.82, 2.24) is 14.9 Å². The standard InChI is InChI=1S/C13H22N4/c1-10-8-14-12(3)13(15-10)16-11(2)9-17-6-4-5-7-17/h8,11H,4-7,9H2,1-3H3,(H,15,16). The number of rotatable bonds is 4. The van der Waals surface area contributed by atoms with Crippen LogP contribution >= 0.6 is 0 Å². The van der Waals surface area contributed by atoms with E-state index in [1.807, 2.05) is 20.0 Å². The molecule has 17 heavy (non-hydrogen) atoms. The molecule has 1 saturated heterocycles. The second-order valence-electron chi connectivity index (χ2n) is 5.00. The van der Waals surface area contributed by atoms with Crippen LogP contribution in [0.4, 0.5) is 5.82 Å². The van der Waals surface area contributed by atoms with Gasteiger partial charge in [0.1, 0.15) is 5.82 Å². The van der Waals surface area contributed by atoms with E-state index in [9.17, 15) is 0 Å². The first-order valence-electron chi connectivity index (χ1n) is 6.44. The van der Waals surface area contributed by atoms with Crippen LogP contribution in [0.2, 0.25) is 0 Å². The minimum atomic E-state index is 0.419. The molecule has 1 atom stereocenters. The van der Waals surface area contributed by atoms with Crippen LogP contribution in [0.1, 0.15) is 31.2 Å². The summed E-state index contributed by atoms with van der Waals surface area (Å²) < 4.78 is 0. The molecule has 1 aliphatic rings. The molecule has 0 aromatic carbocycles. The Morgan fingerprint density at radius 1 is 1.35 bits per heavy atom. The third-order valence-electron chi connectivity index (χ3n) is 3.19. The van der Waals surface area contributed by atoms with Gasteiger partial charge in [-0.2, -0.15) is 0 Å². The molecule has 0 radical (unpaired) electrons. The van der Waals surface area contributed by atoms with Crippen LogP contribution in [-0.2, 0) is 0 Å². The van der Waals surface area contributed by atoms with Crippen molar-refractivity contribution in [2.24, 2.45) is 0 Å². The van der Waals surface area contributed by atoms with E-state index in [4.69, 9.17) is 0 Å². The molecule has 1 fully saturated rings. The molecule has 0 saturated carbocycles. The Labute approximate surface area is 103 Å². The van der Waals surface area contributed by atoms with Crippen LogP contribution in [0.5, 0.6) is 0 Å². The van der Waals surface area contributed by atoms with Crippen LogP contribution in [0.3, 0.4) is 0 Å². The number of hydrogen-bond acceptors (Lipinski definition) is 4. The van der Waals surface area contributed by atoms with Gasteiger partial charge in [0.25, 0.3) is 0 Å². The quantitative estimate of drug-likeness (QED) is 0.865. The molecule has 94 valence electrons. The van der Waals surface area contributed by atoms with Crippen LogP contribution < -0.4 is 5.32 Å². The van der Waals surface area contributed by atoms with E-state index < -0.39 is 0 Å². The normalized spacial score (nSPS) is 18.3. The van der Waals surface area contributed by atoms with Crippen molar-refractivity contribution in [1.29, 1.82) is 0 Å². The van der Waals surface area contributed by atoms with Crippen LogP contribution in [0, 0.1) is 13.8 Å². The average molecular weight is 234 g/mol. The molecule has 1 unspecified atom stereocenters. The van der Waals surface area contributed by atoms with Gasteiger partial charge in [-0.1, -0.05) is 0 Å². The first-order chi connectivity index (χ1) is 8.15. The highest BCUT2D eigenvalue weighted by molar-refractivity contribution is 5.40. The lowest BCUT2D eigenvalue weighted by Crippen LogP contribution is -2.33. The zero-order chi connectivity index (χ0) is 12.3. The summed E-state index contributed by atoms with van der Waals surface area (Å²) in [5.41, 5.74) is 1.94. The molecule has 1 aromatic heterocycles. The van der Waals surface area contributed by atoms with Crippen molar-refractivity contribution < 1.29 is 0 Å². The van der Waals surface area contributed by atoms with Crippen LogP contribution in [0.15, 0.2) is 6.20 Å². The largest absolute Gasteiger partial charge is 0.365 e. The van der Waals surface area contributed by atoms with E-state index in [1.165, 1.54) is 25.9 Å². The molecule has 4 nitrogen and oxygen atoms in total. The topological polar surface area (TPSA) is 41.1 Å². The first kappa shape index (κ1) is 12.3. The van der Waals surface area contributed by atoms with Gasteiger partial charge in [-0.3, -0.25) is 4.98 Å². The maximum absolute atomic E-state index is 4.50. The van der Waals surface area contributed by atoms with E-state index in [-0.39, 0.29) is 0 Å². The maximum atomic E-state index is 4.50. The summed E-state index contributed by atoms with van der Waals surface area (Å²) in [6.45, 7) is 9.76. The van der Waals surface area contributed by atoms with Crippen molar-refractivity contribution in [2.45, 2.75) is 39.7 Å². The van der Waals surface area contributed by atoms with E-state index in [1.54, 1.807) is 0 Å². The number of aryl methyl sites for hydroxylation is 2. The molecule has 0 aliphatic carbocycles. The van der Waals surface area contributed by atoms with Crippen molar-refractivity contribution in [2.75, 3.05) is 25.0 Å². The second-order valence-corrected chi connectivity index (χ2v) is 5.00. The average Bonchev–Trinajstić information content (AvgIpc) is 2.76. The lowest BCUT2D eigenvalue weighted by Gasteiger charge is -2.22. The molecular weight excluding hydrogens is 212 g/mol. The third-order valence-corrected chi connectivity index (χ3v) is 3.19. The molecule has 1 aliphatic heterocycles. The summed E-state index contributed by atoms with van der Waals surface area (Å²) in [6, 6.07) is 0.419. The highest BCUT2D eigenvalue weighted by Crippen LogP contribution is 2.12. The molecule has 0 bridgehead atoms. The van der Waals surface area contributed by atoms with Gasteiger partial charge < -0.3 is 10.2 Å². The van der Waals surface area contributed by atoms with Gasteiger partial charge in [-0.05, 0) is 46.7 Å². The number of hydrogen-bond donors (Lipinski definition) is 1. The molecule has 2 heterocycles. The number of likely N-dealkylation sites (tertiary alicyclic amines) is 1. The molecule has 4 heteroatoms. The first-order valence-corrected chi connectivity index (χ1v) is 6.44. The minimum Gasteiger partial charge on any atom is -0.365 e. The summed E-state index contributed by atoms with van der Waals surface area (Å²) in [6.07, 6.45) is 4.50. The fourth-order valence-electron chi connectivity index (χ4n) is 2.31. The van der Waals surface area contributed by atoms with Crippen molar-refractivity contribution >= 4 is 5.82 Å². The lowest BCUT2D eigenvalue weighted by atomic mass is 10.3.